The van der Waals surface area contributed by atoms with Gasteiger partial charge in [0.15, 0.2) is 9.84 Å². The van der Waals surface area contributed by atoms with Gasteiger partial charge in [-0.2, -0.15) is 0 Å². The molecule has 0 bridgehead atoms. The number of hydrogen-bond donors (Lipinski definition) is 1. The number of sulfone groups is 1. The van der Waals surface area contributed by atoms with E-state index >= 15 is 0 Å². The van der Waals surface area contributed by atoms with Gasteiger partial charge in [-0.05, 0) is 37.0 Å². The number of halogens is 1. The van der Waals surface area contributed by atoms with Gasteiger partial charge in [-0.25, -0.2) is 8.42 Å². The van der Waals surface area contributed by atoms with Crippen molar-refractivity contribution >= 4 is 27.3 Å². The maximum absolute atomic E-state index is 11.9. The molecule has 6 heteroatoms. The quantitative estimate of drug-likeness (QED) is 0.844. The van der Waals surface area contributed by atoms with E-state index in [1.54, 1.807) is 12.1 Å². The second-order valence-corrected chi connectivity index (χ2v) is 7.44. The molecule has 1 aromatic carbocycles. The average Bonchev–Trinajstić information content (AvgIpc) is 3.19. The SMILES string of the molecule is CS(=O)(=O)c1cccc(C(=O)NCC(Cl)C2CC2)c1. The predicted molar refractivity (Wildman–Crippen MR) is 74.3 cm³/mol. The second kappa shape index (κ2) is 5.51. The third-order valence-corrected chi connectivity index (χ3v) is 4.74. The highest BCUT2D eigenvalue weighted by molar-refractivity contribution is 7.90. The van der Waals surface area contributed by atoms with Gasteiger partial charge in [0.05, 0.1) is 10.3 Å². The van der Waals surface area contributed by atoms with Crippen molar-refractivity contribution in [3.8, 4) is 0 Å². The van der Waals surface area contributed by atoms with Crippen LogP contribution in [0, 0.1) is 5.92 Å². The van der Waals surface area contributed by atoms with Gasteiger partial charge in [0.25, 0.3) is 5.91 Å². The van der Waals surface area contributed by atoms with Gasteiger partial charge < -0.3 is 5.32 Å². The van der Waals surface area contributed by atoms with Crippen LogP contribution in [0.3, 0.4) is 0 Å². The number of nitrogens with one attached hydrogen (secondary N) is 1. The number of hydrogen-bond acceptors (Lipinski definition) is 3. The first-order valence-corrected chi connectivity index (χ1v) is 8.43. The Morgan fingerprint density at radius 1 is 1.47 bits per heavy atom. The monoisotopic (exact) mass is 301 g/mol. The lowest BCUT2D eigenvalue weighted by molar-refractivity contribution is 0.0953. The van der Waals surface area contributed by atoms with Crippen molar-refractivity contribution in [1.29, 1.82) is 0 Å². The first-order valence-electron chi connectivity index (χ1n) is 6.10. The molecule has 1 unspecified atom stereocenters. The molecule has 0 radical (unpaired) electrons. The van der Waals surface area contributed by atoms with Gasteiger partial charge in [-0.3, -0.25) is 4.79 Å². The summed E-state index contributed by atoms with van der Waals surface area (Å²) in [6, 6.07) is 6.00. The van der Waals surface area contributed by atoms with E-state index in [1.807, 2.05) is 0 Å². The predicted octanol–water partition coefficient (Wildman–Crippen LogP) is 1.84. The molecule has 4 nitrogen and oxygen atoms in total. The van der Waals surface area contributed by atoms with Crippen molar-refractivity contribution in [1.82, 2.24) is 5.32 Å². The molecule has 1 aliphatic carbocycles. The van der Waals surface area contributed by atoms with Crippen LogP contribution in [0.1, 0.15) is 23.2 Å². The van der Waals surface area contributed by atoms with E-state index in [-0.39, 0.29) is 16.2 Å². The van der Waals surface area contributed by atoms with E-state index in [0.29, 0.717) is 18.0 Å². The number of carbonyl (C=O) groups excluding carboxylic acids is 1. The fraction of sp³-hybridized carbons (Fsp3) is 0.462. The molecule has 1 N–H and O–H groups in total. The van der Waals surface area contributed by atoms with E-state index in [4.69, 9.17) is 11.6 Å². The molecule has 1 aromatic rings. The topological polar surface area (TPSA) is 63.2 Å². The molecule has 0 aromatic heterocycles. The average molecular weight is 302 g/mol. The zero-order chi connectivity index (χ0) is 14.0. The lowest BCUT2D eigenvalue weighted by atomic mass is 10.2. The third-order valence-electron chi connectivity index (χ3n) is 3.12. The summed E-state index contributed by atoms with van der Waals surface area (Å²) >= 11 is 6.10. The number of amides is 1. The highest BCUT2D eigenvalue weighted by atomic mass is 35.5. The third kappa shape index (κ3) is 3.94. The summed E-state index contributed by atoms with van der Waals surface area (Å²) in [5, 5.41) is 2.69. The van der Waals surface area contributed by atoms with Gasteiger partial charge in [-0.15, -0.1) is 11.6 Å². The van der Waals surface area contributed by atoms with Crippen LogP contribution in [0.4, 0.5) is 0 Å². The van der Waals surface area contributed by atoms with Crippen molar-refractivity contribution in [2.75, 3.05) is 12.8 Å². The second-order valence-electron chi connectivity index (χ2n) is 4.86. The van der Waals surface area contributed by atoms with Gasteiger partial charge in [-0.1, -0.05) is 6.07 Å². The van der Waals surface area contributed by atoms with Gasteiger partial charge in [0.1, 0.15) is 0 Å². The zero-order valence-corrected chi connectivity index (χ0v) is 12.2. The summed E-state index contributed by atoms with van der Waals surface area (Å²) in [5.74, 6) is 0.209. The molecule has 1 saturated carbocycles. The Bertz CT molecular complexity index is 581. The zero-order valence-electron chi connectivity index (χ0n) is 10.6. The number of rotatable bonds is 5. The molecule has 1 atom stereocenters. The van der Waals surface area contributed by atoms with Gasteiger partial charge in [0, 0.05) is 18.4 Å². The Balaban J connectivity index is 2.02. The van der Waals surface area contributed by atoms with Crippen LogP contribution in [0.2, 0.25) is 0 Å². The maximum Gasteiger partial charge on any atom is 0.251 e. The number of alkyl halides is 1. The standard InChI is InChI=1S/C13H16ClNO3S/c1-19(17,18)11-4-2-3-10(7-11)13(16)15-8-12(14)9-5-6-9/h2-4,7,9,12H,5-6,8H2,1H3,(H,15,16). The lowest BCUT2D eigenvalue weighted by Gasteiger charge is -2.10. The minimum absolute atomic E-state index is 0.0398. The molecule has 19 heavy (non-hydrogen) atoms. The molecule has 1 fully saturated rings. The smallest absolute Gasteiger partial charge is 0.251 e. The summed E-state index contributed by atoms with van der Waals surface area (Å²) in [6.45, 7) is 0.411. The van der Waals surface area contributed by atoms with Crippen LogP contribution in [0.15, 0.2) is 29.2 Å². The van der Waals surface area contributed by atoms with E-state index in [9.17, 15) is 13.2 Å². The first kappa shape index (κ1) is 14.3. The van der Waals surface area contributed by atoms with E-state index < -0.39 is 9.84 Å². The van der Waals surface area contributed by atoms with Crippen LogP contribution in [0.5, 0.6) is 0 Å². The highest BCUT2D eigenvalue weighted by Gasteiger charge is 2.29. The van der Waals surface area contributed by atoms with Crippen molar-refractivity contribution in [2.24, 2.45) is 5.92 Å². The van der Waals surface area contributed by atoms with Crippen LogP contribution in [-0.2, 0) is 9.84 Å². The summed E-state index contributed by atoms with van der Waals surface area (Å²) < 4.78 is 22.8. The molecule has 104 valence electrons. The van der Waals surface area contributed by atoms with Gasteiger partial charge in [0.2, 0.25) is 0 Å². The van der Waals surface area contributed by atoms with Crippen LogP contribution in [0.25, 0.3) is 0 Å². The minimum Gasteiger partial charge on any atom is -0.351 e. The van der Waals surface area contributed by atoms with Crippen molar-refractivity contribution in [2.45, 2.75) is 23.1 Å². The Kier molecular flexibility index (Phi) is 4.16. The molecular formula is C13H16ClNO3S. The fourth-order valence-corrected chi connectivity index (χ4v) is 2.78. The molecule has 0 spiro atoms. The fourth-order valence-electron chi connectivity index (χ4n) is 1.78. The van der Waals surface area contributed by atoms with Crippen LogP contribution < -0.4 is 5.32 Å². The van der Waals surface area contributed by atoms with Gasteiger partial charge >= 0.3 is 0 Å². The number of benzene rings is 1. The van der Waals surface area contributed by atoms with E-state index in [1.165, 1.54) is 12.1 Å². The first-order chi connectivity index (χ1) is 8.88. The van der Waals surface area contributed by atoms with Crippen LogP contribution >= 0.6 is 11.6 Å². The van der Waals surface area contributed by atoms with Crippen molar-refractivity contribution in [3.63, 3.8) is 0 Å². The Morgan fingerprint density at radius 3 is 2.74 bits per heavy atom. The Morgan fingerprint density at radius 2 is 2.16 bits per heavy atom. The van der Waals surface area contributed by atoms with Crippen LogP contribution in [-0.4, -0.2) is 32.5 Å². The molecule has 1 amide bonds. The Hall–Kier alpha value is -1.07. The molecular weight excluding hydrogens is 286 g/mol. The summed E-state index contributed by atoms with van der Waals surface area (Å²) in [6.07, 6.45) is 3.35. The van der Waals surface area contributed by atoms with E-state index in [0.717, 1.165) is 19.1 Å². The summed E-state index contributed by atoms with van der Waals surface area (Å²) in [5.41, 5.74) is 0.336. The van der Waals surface area contributed by atoms with E-state index in [2.05, 4.69) is 5.32 Å². The normalized spacial score (nSPS) is 16.9. The summed E-state index contributed by atoms with van der Waals surface area (Å²) in [7, 11) is -3.30. The van der Waals surface area contributed by atoms with Crippen molar-refractivity contribution < 1.29 is 13.2 Å². The largest absolute Gasteiger partial charge is 0.351 e. The maximum atomic E-state index is 11.9. The number of carbonyl (C=O) groups is 1. The molecule has 2 rings (SSSR count). The molecule has 0 aliphatic heterocycles. The highest BCUT2D eigenvalue weighted by Crippen LogP contribution is 2.35. The minimum atomic E-state index is -3.30. The van der Waals surface area contributed by atoms with Crippen molar-refractivity contribution in [3.05, 3.63) is 29.8 Å². The summed E-state index contributed by atoms with van der Waals surface area (Å²) in [4.78, 5) is 12.1. The Labute approximate surface area is 118 Å². The molecule has 1 aliphatic rings. The molecule has 0 heterocycles. The molecule has 0 saturated heterocycles. The lowest BCUT2D eigenvalue weighted by Crippen LogP contribution is -2.30.